The second-order valence-electron chi connectivity index (χ2n) is 9.63. The van der Waals surface area contributed by atoms with Crippen LogP contribution < -0.4 is 19.7 Å². The molecule has 1 saturated heterocycles. The zero-order valence-electron chi connectivity index (χ0n) is 23.8. The van der Waals surface area contributed by atoms with Gasteiger partial charge in [0.2, 0.25) is 5.91 Å². The molecule has 0 saturated carbocycles. The SMILES string of the molecule is Cc1ccc(OCCC(F)(F)F)c(N2C(=O)CSC2=NC(=O)Nc2ccc(-c3ncn(-c4ccc(OC(F)(F)F)cn4)n3)cc2F)c1. The molecule has 1 fully saturated rings. The summed E-state index contributed by atoms with van der Waals surface area (Å²) in [6, 6.07) is 9.30. The highest BCUT2D eigenvalue weighted by atomic mass is 32.2. The van der Waals surface area contributed by atoms with Crippen LogP contribution in [0.25, 0.3) is 17.2 Å². The first kappa shape index (κ1) is 33.2. The van der Waals surface area contributed by atoms with Crippen LogP contribution in [0.15, 0.2) is 66.0 Å². The van der Waals surface area contributed by atoms with Crippen LogP contribution in [0.2, 0.25) is 0 Å². The Balaban J connectivity index is 1.29. The van der Waals surface area contributed by atoms with E-state index in [1.165, 1.54) is 36.7 Å². The van der Waals surface area contributed by atoms with Gasteiger partial charge in [-0.1, -0.05) is 17.8 Å². The maximum atomic E-state index is 15.0. The minimum Gasteiger partial charge on any atom is -0.491 e. The third-order valence-corrected chi connectivity index (χ3v) is 7.03. The molecule has 2 aromatic carbocycles. The minimum absolute atomic E-state index is 0.0234. The van der Waals surface area contributed by atoms with Gasteiger partial charge in [0.1, 0.15) is 23.6 Å². The van der Waals surface area contributed by atoms with Gasteiger partial charge >= 0.3 is 18.6 Å². The van der Waals surface area contributed by atoms with Crippen LogP contribution >= 0.6 is 11.8 Å². The van der Waals surface area contributed by atoms with Crippen molar-refractivity contribution in [2.75, 3.05) is 22.6 Å². The normalized spacial score (nSPS) is 14.5. The average Bonchev–Trinajstić information content (AvgIpc) is 3.61. The van der Waals surface area contributed by atoms with Crippen molar-refractivity contribution >= 4 is 40.2 Å². The van der Waals surface area contributed by atoms with Crippen molar-refractivity contribution in [2.24, 2.45) is 4.99 Å². The number of ether oxygens (including phenoxy) is 2. The standard InChI is InChI=1S/C28H20F7N7O4S/c1-15-2-6-21(45-9-8-27(30,31)32)20(10-15)42-23(43)13-47-26(42)39-25(44)38-19-5-3-16(11-18(19)29)24-37-14-41(40-24)22-7-4-17(12-36-22)46-28(33,34)35/h2-7,10-12,14H,8-9,13H2,1H3,(H,38,44). The smallest absolute Gasteiger partial charge is 0.491 e. The molecular weight excluding hydrogens is 663 g/mol. The van der Waals surface area contributed by atoms with Gasteiger partial charge in [-0.05, 0) is 55.0 Å². The highest BCUT2D eigenvalue weighted by molar-refractivity contribution is 8.15. The van der Waals surface area contributed by atoms with E-state index in [1.807, 2.05) is 0 Å². The van der Waals surface area contributed by atoms with E-state index in [0.29, 0.717) is 5.56 Å². The summed E-state index contributed by atoms with van der Waals surface area (Å²) in [5, 5.41) is 6.32. The number of thioether (sulfide) groups is 1. The van der Waals surface area contributed by atoms with Crippen LogP contribution in [0.3, 0.4) is 0 Å². The van der Waals surface area contributed by atoms with Gasteiger partial charge in [-0.25, -0.2) is 23.8 Å². The van der Waals surface area contributed by atoms with Gasteiger partial charge < -0.3 is 14.8 Å². The second-order valence-corrected chi connectivity index (χ2v) is 10.6. The predicted molar refractivity (Wildman–Crippen MR) is 155 cm³/mol. The van der Waals surface area contributed by atoms with Gasteiger partial charge in [-0.15, -0.1) is 18.3 Å². The van der Waals surface area contributed by atoms with E-state index < -0.39 is 49.1 Å². The molecule has 0 unspecified atom stereocenters. The molecule has 4 aromatic rings. The van der Waals surface area contributed by atoms with Crippen molar-refractivity contribution in [3.8, 4) is 28.7 Å². The Morgan fingerprint density at radius 1 is 1.06 bits per heavy atom. The van der Waals surface area contributed by atoms with E-state index in [2.05, 4.69) is 30.1 Å². The zero-order valence-corrected chi connectivity index (χ0v) is 24.6. The zero-order chi connectivity index (χ0) is 33.9. The number of aliphatic imine (C=N–C) groups is 1. The lowest BCUT2D eigenvalue weighted by Gasteiger charge is -2.20. The number of nitrogens with one attached hydrogen (secondary N) is 1. The number of carbonyl (C=O) groups excluding carboxylic acids is 2. The number of hydrogen-bond acceptors (Lipinski definition) is 8. The number of nitrogens with zero attached hydrogens (tertiary/aromatic N) is 6. The van der Waals surface area contributed by atoms with Gasteiger partial charge in [0.25, 0.3) is 0 Å². The van der Waals surface area contributed by atoms with E-state index in [9.17, 15) is 35.9 Å². The molecule has 11 nitrogen and oxygen atoms in total. The Kier molecular flexibility index (Phi) is 9.36. The molecular formula is C28H20F7N7O4S. The summed E-state index contributed by atoms with van der Waals surface area (Å²) in [5.41, 5.74) is 0.653. The van der Waals surface area contributed by atoms with Gasteiger partial charge in [0.05, 0.1) is 36.4 Å². The number of anilines is 2. The average molecular weight is 684 g/mol. The topological polar surface area (TPSA) is 124 Å². The summed E-state index contributed by atoms with van der Waals surface area (Å²) < 4.78 is 100. The van der Waals surface area contributed by atoms with Crippen LogP contribution in [0.5, 0.6) is 11.5 Å². The monoisotopic (exact) mass is 683 g/mol. The Morgan fingerprint density at radius 3 is 2.53 bits per heavy atom. The van der Waals surface area contributed by atoms with E-state index in [4.69, 9.17) is 4.74 Å². The molecule has 1 N–H and O–H groups in total. The number of carbonyl (C=O) groups is 2. The summed E-state index contributed by atoms with van der Waals surface area (Å²) in [7, 11) is 0. The van der Waals surface area contributed by atoms with Gasteiger partial charge in [0.15, 0.2) is 16.8 Å². The molecule has 3 amide bonds. The van der Waals surface area contributed by atoms with Crippen molar-refractivity contribution in [3.05, 3.63) is 72.4 Å². The first-order valence-corrected chi connectivity index (χ1v) is 14.2. The first-order chi connectivity index (χ1) is 22.1. The molecule has 1 aliphatic heterocycles. The minimum atomic E-state index is -4.88. The molecule has 0 spiro atoms. The molecule has 0 atom stereocenters. The van der Waals surface area contributed by atoms with Crippen molar-refractivity contribution in [1.29, 1.82) is 0 Å². The van der Waals surface area contributed by atoms with Crippen LogP contribution in [-0.2, 0) is 4.79 Å². The third-order valence-electron chi connectivity index (χ3n) is 6.11. The van der Waals surface area contributed by atoms with Crippen molar-refractivity contribution in [1.82, 2.24) is 19.7 Å². The highest BCUT2D eigenvalue weighted by Gasteiger charge is 2.34. The molecule has 2 aromatic heterocycles. The number of pyridine rings is 1. The number of alkyl halides is 6. The molecule has 0 radical (unpaired) electrons. The van der Waals surface area contributed by atoms with Gasteiger partial charge in [-0.2, -0.15) is 18.2 Å². The van der Waals surface area contributed by atoms with E-state index in [-0.39, 0.29) is 45.3 Å². The Labute approximate surface area is 264 Å². The largest absolute Gasteiger partial charge is 0.573 e. The second kappa shape index (κ2) is 13.3. The van der Waals surface area contributed by atoms with Crippen molar-refractivity contribution in [2.45, 2.75) is 25.9 Å². The van der Waals surface area contributed by atoms with Crippen LogP contribution in [-0.4, -0.2) is 61.8 Å². The fourth-order valence-electron chi connectivity index (χ4n) is 4.08. The lowest BCUT2D eigenvalue weighted by atomic mass is 10.2. The highest BCUT2D eigenvalue weighted by Crippen LogP contribution is 2.36. The van der Waals surface area contributed by atoms with Crippen LogP contribution in [0.4, 0.5) is 46.9 Å². The number of halogens is 7. The summed E-state index contributed by atoms with van der Waals surface area (Å²) in [5.74, 6) is -1.95. The summed E-state index contributed by atoms with van der Waals surface area (Å²) in [6.07, 6.45) is -8.50. The van der Waals surface area contributed by atoms with Gasteiger partial charge in [-0.3, -0.25) is 9.69 Å². The number of benzene rings is 2. The fourth-order valence-corrected chi connectivity index (χ4v) is 4.93. The molecule has 5 rings (SSSR count). The lowest BCUT2D eigenvalue weighted by molar-refractivity contribution is -0.274. The lowest BCUT2D eigenvalue weighted by Crippen LogP contribution is -2.31. The number of hydrogen-bond donors (Lipinski definition) is 1. The molecule has 19 heteroatoms. The molecule has 1 aliphatic rings. The first-order valence-electron chi connectivity index (χ1n) is 13.2. The van der Waals surface area contributed by atoms with E-state index in [1.54, 1.807) is 13.0 Å². The Morgan fingerprint density at radius 2 is 1.85 bits per heavy atom. The van der Waals surface area contributed by atoms with Crippen LogP contribution in [0, 0.1) is 12.7 Å². The predicted octanol–water partition coefficient (Wildman–Crippen LogP) is 6.67. The van der Waals surface area contributed by atoms with Crippen molar-refractivity contribution in [3.63, 3.8) is 0 Å². The van der Waals surface area contributed by atoms with E-state index >= 15 is 4.39 Å². The van der Waals surface area contributed by atoms with Crippen molar-refractivity contribution < 1.29 is 49.8 Å². The third kappa shape index (κ3) is 8.54. The maximum Gasteiger partial charge on any atom is 0.573 e. The molecule has 0 bridgehead atoms. The number of amidine groups is 1. The number of aryl methyl sites for hydroxylation is 1. The van der Waals surface area contributed by atoms with Crippen LogP contribution in [0.1, 0.15) is 12.0 Å². The number of urea groups is 1. The molecule has 3 heterocycles. The summed E-state index contributed by atoms with van der Waals surface area (Å²) in [6.45, 7) is 0.995. The number of aromatic nitrogens is 4. The Bertz CT molecular complexity index is 1830. The molecule has 246 valence electrons. The fraction of sp³-hybridized carbons (Fsp3) is 0.214. The summed E-state index contributed by atoms with van der Waals surface area (Å²) in [4.78, 5) is 38.3. The van der Waals surface area contributed by atoms with E-state index in [0.717, 1.165) is 39.7 Å². The molecule has 0 aliphatic carbocycles. The maximum absolute atomic E-state index is 15.0. The molecule has 47 heavy (non-hydrogen) atoms. The summed E-state index contributed by atoms with van der Waals surface area (Å²) >= 11 is 0.898. The number of amides is 3. The quantitative estimate of drug-likeness (QED) is 0.204. The number of rotatable bonds is 8. The van der Waals surface area contributed by atoms with Gasteiger partial charge in [0, 0.05) is 5.56 Å². The Hall–Kier alpha value is -5.20.